The highest BCUT2D eigenvalue weighted by molar-refractivity contribution is 5.88. The Morgan fingerprint density at radius 3 is 2.36 bits per heavy atom. The summed E-state index contributed by atoms with van der Waals surface area (Å²) in [7, 11) is 0. The van der Waals surface area contributed by atoms with Crippen LogP contribution in [0.3, 0.4) is 0 Å². The fourth-order valence-electron chi connectivity index (χ4n) is 4.19. The maximum absolute atomic E-state index is 12.4. The van der Waals surface area contributed by atoms with E-state index in [1.807, 2.05) is 12.1 Å². The third kappa shape index (κ3) is 5.95. The fraction of sp³-hybridized carbons (Fsp3) is 0.696. The van der Waals surface area contributed by atoms with Crippen LogP contribution in [0.1, 0.15) is 108 Å². The summed E-state index contributed by atoms with van der Waals surface area (Å²) in [4.78, 5) is 12.4. The Morgan fingerprint density at radius 2 is 1.68 bits per heavy atom. The zero-order valence-corrected chi connectivity index (χ0v) is 16.2. The molecule has 0 amide bonds. The third-order valence-corrected chi connectivity index (χ3v) is 5.77. The van der Waals surface area contributed by atoms with E-state index < -0.39 is 0 Å². The van der Waals surface area contributed by atoms with Gasteiger partial charge in [0.05, 0.1) is 6.10 Å². The molecule has 0 radical (unpaired) electrons. The smallest absolute Gasteiger partial charge is 0.140 e. The highest BCUT2D eigenvalue weighted by Gasteiger charge is 2.35. The van der Waals surface area contributed by atoms with Crippen molar-refractivity contribution >= 4 is 5.78 Å². The number of ketones is 1. The SMILES string of the molecule is CCCCCC[C@H]1CCC(=O)[C@@H]1c1ccc(C(O)CCCCC)cc1. The Balaban J connectivity index is 1.95. The predicted molar refractivity (Wildman–Crippen MR) is 105 cm³/mol. The van der Waals surface area contributed by atoms with Crippen LogP contribution in [0, 0.1) is 5.92 Å². The number of rotatable bonds is 11. The second-order valence-corrected chi connectivity index (χ2v) is 7.77. The summed E-state index contributed by atoms with van der Waals surface area (Å²) in [5, 5.41) is 10.3. The Bertz CT molecular complexity index is 505. The van der Waals surface area contributed by atoms with Gasteiger partial charge >= 0.3 is 0 Å². The van der Waals surface area contributed by atoms with Gasteiger partial charge in [-0.1, -0.05) is 83.1 Å². The highest BCUT2D eigenvalue weighted by Crippen LogP contribution is 2.40. The number of carbonyl (C=O) groups is 1. The predicted octanol–water partition coefficient (Wildman–Crippen LogP) is 6.33. The van der Waals surface area contributed by atoms with Crippen LogP contribution in [-0.2, 0) is 4.79 Å². The molecule has 0 spiro atoms. The van der Waals surface area contributed by atoms with Crippen LogP contribution >= 0.6 is 0 Å². The van der Waals surface area contributed by atoms with Gasteiger partial charge in [0.1, 0.15) is 5.78 Å². The molecule has 0 bridgehead atoms. The molecule has 0 saturated heterocycles. The van der Waals surface area contributed by atoms with Gasteiger partial charge in [-0.2, -0.15) is 0 Å². The lowest BCUT2D eigenvalue weighted by molar-refractivity contribution is -0.119. The summed E-state index contributed by atoms with van der Waals surface area (Å²) in [6.45, 7) is 4.42. The van der Waals surface area contributed by atoms with Gasteiger partial charge in [-0.05, 0) is 36.3 Å². The van der Waals surface area contributed by atoms with Gasteiger partial charge in [0, 0.05) is 12.3 Å². The van der Waals surface area contributed by atoms with Gasteiger partial charge in [-0.25, -0.2) is 0 Å². The first-order chi connectivity index (χ1) is 12.2. The molecule has 1 aliphatic rings. The van der Waals surface area contributed by atoms with E-state index in [1.54, 1.807) is 0 Å². The minimum atomic E-state index is -0.371. The number of hydrogen-bond acceptors (Lipinski definition) is 2. The number of benzene rings is 1. The normalized spacial score (nSPS) is 21.6. The van der Waals surface area contributed by atoms with Crippen LogP contribution < -0.4 is 0 Å². The zero-order valence-electron chi connectivity index (χ0n) is 16.2. The summed E-state index contributed by atoms with van der Waals surface area (Å²) < 4.78 is 0. The molecule has 2 heteroatoms. The molecule has 1 aromatic rings. The lowest BCUT2D eigenvalue weighted by Gasteiger charge is -2.20. The molecule has 2 nitrogen and oxygen atoms in total. The van der Waals surface area contributed by atoms with E-state index >= 15 is 0 Å². The minimum absolute atomic E-state index is 0.0907. The largest absolute Gasteiger partial charge is 0.388 e. The van der Waals surface area contributed by atoms with E-state index in [-0.39, 0.29) is 12.0 Å². The van der Waals surface area contributed by atoms with Crippen LogP contribution in [0.2, 0.25) is 0 Å². The van der Waals surface area contributed by atoms with Crippen LogP contribution in [0.5, 0.6) is 0 Å². The molecular weight excluding hydrogens is 308 g/mol. The number of aliphatic hydroxyl groups is 1. The monoisotopic (exact) mass is 344 g/mol. The van der Waals surface area contributed by atoms with E-state index in [1.165, 1.54) is 44.9 Å². The fourth-order valence-corrected chi connectivity index (χ4v) is 4.19. The Hall–Kier alpha value is -1.15. The molecule has 1 aromatic carbocycles. The van der Waals surface area contributed by atoms with Gasteiger partial charge in [-0.3, -0.25) is 4.79 Å². The van der Waals surface area contributed by atoms with Crippen molar-refractivity contribution in [3.63, 3.8) is 0 Å². The summed E-state index contributed by atoms with van der Waals surface area (Å²) in [5.41, 5.74) is 2.15. The maximum Gasteiger partial charge on any atom is 0.140 e. The average Bonchev–Trinajstić information content (AvgIpc) is 2.99. The van der Waals surface area contributed by atoms with Crippen LogP contribution in [-0.4, -0.2) is 10.9 Å². The number of aliphatic hydroxyl groups excluding tert-OH is 1. The molecule has 1 saturated carbocycles. The molecule has 1 aliphatic carbocycles. The topological polar surface area (TPSA) is 37.3 Å². The lowest BCUT2D eigenvalue weighted by Crippen LogP contribution is -2.13. The number of Topliss-reactive ketones (excluding diaryl/α,β-unsaturated/α-hetero) is 1. The van der Waals surface area contributed by atoms with Crippen LogP contribution in [0.4, 0.5) is 0 Å². The molecule has 140 valence electrons. The zero-order chi connectivity index (χ0) is 18.1. The molecule has 0 heterocycles. The summed E-state index contributed by atoms with van der Waals surface area (Å²) >= 11 is 0. The average molecular weight is 345 g/mol. The standard InChI is InChI=1S/C23H36O2/c1-3-5-7-9-10-19-16-17-22(25)23(19)20-14-12-18(13-15-20)21(24)11-8-6-4-2/h12-15,19,21,23-24H,3-11,16-17H2,1-2H3/t19-,21?,23-/m0/s1. The van der Waals surface area contributed by atoms with Crippen molar-refractivity contribution in [3.8, 4) is 0 Å². The molecule has 0 aliphatic heterocycles. The lowest BCUT2D eigenvalue weighted by atomic mass is 9.84. The van der Waals surface area contributed by atoms with Crippen LogP contribution in [0.25, 0.3) is 0 Å². The van der Waals surface area contributed by atoms with Crippen molar-refractivity contribution in [1.82, 2.24) is 0 Å². The number of carbonyl (C=O) groups excluding carboxylic acids is 1. The molecule has 1 N–H and O–H groups in total. The molecule has 0 aromatic heterocycles. The molecular formula is C23H36O2. The van der Waals surface area contributed by atoms with Crippen LogP contribution in [0.15, 0.2) is 24.3 Å². The second-order valence-electron chi connectivity index (χ2n) is 7.77. The Labute approximate surface area is 154 Å². The maximum atomic E-state index is 12.4. The number of hydrogen-bond donors (Lipinski definition) is 1. The molecule has 2 rings (SSSR count). The minimum Gasteiger partial charge on any atom is -0.388 e. The summed E-state index contributed by atoms with van der Waals surface area (Å²) in [6.07, 6.45) is 11.9. The second kappa shape index (κ2) is 10.8. The third-order valence-electron chi connectivity index (χ3n) is 5.77. The van der Waals surface area contributed by atoms with Crippen molar-refractivity contribution in [2.45, 2.75) is 96.5 Å². The van der Waals surface area contributed by atoms with E-state index in [2.05, 4.69) is 26.0 Å². The van der Waals surface area contributed by atoms with Crippen molar-refractivity contribution in [2.75, 3.05) is 0 Å². The van der Waals surface area contributed by atoms with E-state index in [9.17, 15) is 9.90 Å². The van der Waals surface area contributed by atoms with Crippen molar-refractivity contribution < 1.29 is 9.90 Å². The van der Waals surface area contributed by atoms with Crippen molar-refractivity contribution in [1.29, 1.82) is 0 Å². The van der Waals surface area contributed by atoms with Crippen molar-refractivity contribution in [3.05, 3.63) is 35.4 Å². The quantitative estimate of drug-likeness (QED) is 0.476. The van der Waals surface area contributed by atoms with Gasteiger partial charge in [0.2, 0.25) is 0 Å². The summed E-state index contributed by atoms with van der Waals surface area (Å²) in [6, 6.07) is 8.24. The van der Waals surface area contributed by atoms with Gasteiger partial charge in [0.15, 0.2) is 0 Å². The molecule has 3 atom stereocenters. The van der Waals surface area contributed by atoms with Gasteiger partial charge < -0.3 is 5.11 Å². The highest BCUT2D eigenvalue weighted by atomic mass is 16.3. The van der Waals surface area contributed by atoms with Gasteiger partial charge in [0.25, 0.3) is 0 Å². The van der Waals surface area contributed by atoms with E-state index in [0.717, 1.165) is 36.8 Å². The first-order valence-electron chi connectivity index (χ1n) is 10.5. The van der Waals surface area contributed by atoms with E-state index in [4.69, 9.17) is 0 Å². The van der Waals surface area contributed by atoms with Crippen molar-refractivity contribution in [2.24, 2.45) is 5.92 Å². The molecule has 25 heavy (non-hydrogen) atoms. The summed E-state index contributed by atoms with van der Waals surface area (Å²) in [5.74, 6) is 1.02. The Kier molecular flexibility index (Phi) is 8.67. The molecule has 1 fully saturated rings. The van der Waals surface area contributed by atoms with Gasteiger partial charge in [-0.15, -0.1) is 0 Å². The Morgan fingerprint density at radius 1 is 1.00 bits per heavy atom. The van der Waals surface area contributed by atoms with E-state index in [0.29, 0.717) is 11.7 Å². The first-order valence-corrected chi connectivity index (χ1v) is 10.5. The number of unbranched alkanes of at least 4 members (excludes halogenated alkanes) is 5. The first kappa shape index (κ1) is 20.2. The molecule has 1 unspecified atom stereocenters.